The second-order valence-corrected chi connectivity index (χ2v) is 6.80. The van der Waals surface area contributed by atoms with Crippen LogP contribution in [0, 0.1) is 11.3 Å². The van der Waals surface area contributed by atoms with Crippen LogP contribution >= 0.6 is 11.6 Å². The second kappa shape index (κ2) is 6.37. The predicted molar refractivity (Wildman–Crippen MR) is 85.4 cm³/mol. The molecule has 1 aliphatic heterocycles. The lowest BCUT2D eigenvalue weighted by Gasteiger charge is -2.37. The van der Waals surface area contributed by atoms with Crippen molar-refractivity contribution < 1.29 is 4.79 Å². The summed E-state index contributed by atoms with van der Waals surface area (Å²) in [6, 6.07) is 7.84. The third kappa shape index (κ3) is 3.09. The van der Waals surface area contributed by atoms with E-state index in [0.717, 1.165) is 31.0 Å². The van der Waals surface area contributed by atoms with Crippen LogP contribution in [0.5, 0.6) is 0 Å². The molecule has 21 heavy (non-hydrogen) atoms. The first-order valence-corrected chi connectivity index (χ1v) is 8.32. The number of carbonyl (C=O) groups is 1. The summed E-state index contributed by atoms with van der Waals surface area (Å²) in [5.41, 5.74) is 1.07. The van der Waals surface area contributed by atoms with Gasteiger partial charge in [0.05, 0.1) is 5.41 Å². The van der Waals surface area contributed by atoms with Gasteiger partial charge in [-0.25, -0.2) is 0 Å². The van der Waals surface area contributed by atoms with Gasteiger partial charge in [-0.05, 0) is 49.4 Å². The van der Waals surface area contributed by atoms with E-state index in [4.69, 9.17) is 11.6 Å². The van der Waals surface area contributed by atoms with E-state index in [-0.39, 0.29) is 11.3 Å². The van der Waals surface area contributed by atoms with Gasteiger partial charge in [0.2, 0.25) is 5.91 Å². The first-order valence-electron chi connectivity index (χ1n) is 7.94. The van der Waals surface area contributed by atoms with Crippen molar-refractivity contribution in [3.05, 3.63) is 34.9 Å². The molecule has 2 N–H and O–H groups in total. The van der Waals surface area contributed by atoms with Gasteiger partial charge in [-0.3, -0.25) is 4.79 Å². The van der Waals surface area contributed by atoms with Crippen molar-refractivity contribution in [2.24, 2.45) is 11.3 Å². The number of hydrogen-bond acceptors (Lipinski definition) is 2. The van der Waals surface area contributed by atoms with Crippen LogP contribution < -0.4 is 10.6 Å². The summed E-state index contributed by atoms with van der Waals surface area (Å²) in [6.07, 6.45) is 5.54. The van der Waals surface area contributed by atoms with Crippen LogP contribution in [0.2, 0.25) is 5.02 Å². The van der Waals surface area contributed by atoms with Crippen LogP contribution in [0.4, 0.5) is 0 Å². The summed E-state index contributed by atoms with van der Waals surface area (Å²) in [5.74, 6) is 0.785. The Kier molecular flexibility index (Phi) is 4.51. The molecule has 1 heterocycles. The summed E-state index contributed by atoms with van der Waals surface area (Å²) >= 11 is 5.88. The number of benzene rings is 1. The lowest BCUT2D eigenvalue weighted by molar-refractivity contribution is -0.133. The molecular formula is C17H23ClN2O. The maximum absolute atomic E-state index is 12.7. The minimum atomic E-state index is -0.141. The standard InChI is InChI=1S/C17H23ClN2O/c18-15-6-4-13(5-7-15)8-10-20-16(21)17-9-2-1-3-14(17)11-19-12-17/h4-7,14,19H,1-3,8-12H2,(H,20,21)/t14-,17+/m0/s1. The van der Waals surface area contributed by atoms with E-state index < -0.39 is 0 Å². The van der Waals surface area contributed by atoms with Crippen LogP contribution in [0.1, 0.15) is 31.2 Å². The van der Waals surface area contributed by atoms with Gasteiger partial charge in [-0.15, -0.1) is 0 Å². The van der Waals surface area contributed by atoms with Gasteiger partial charge in [0, 0.05) is 18.1 Å². The van der Waals surface area contributed by atoms with Crippen molar-refractivity contribution in [3.63, 3.8) is 0 Å². The normalized spacial score (nSPS) is 28.1. The van der Waals surface area contributed by atoms with Crippen LogP contribution in [0.25, 0.3) is 0 Å². The topological polar surface area (TPSA) is 41.1 Å². The Morgan fingerprint density at radius 1 is 1.33 bits per heavy atom. The first kappa shape index (κ1) is 14.9. The summed E-state index contributed by atoms with van der Waals surface area (Å²) in [5, 5.41) is 7.34. The molecule has 0 bridgehead atoms. The Morgan fingerprint density at radius 3 is 2.95 bits per heavy atom. The van der Waals surface area contributed by atoms with Gasteiger partial charge in [-0.1, -0.05) is 36.6 Å². The average molecular weight is 307 g/mol. The Balaban J connectivity index is 1.55. The molecule has 2 fully saturated rings. The number of nitrogens with one attached hydrogen (secondary N) is 2. The fraction of sp³-hybridized carbons (Fsp3) is 0.588. The third-order valence-corrected chi connectivity index (χ3v) is 5.35. The highest BCUT2D eigenvalue weighted by Crippen LogP contribution is 2.43. The van der Waals surface area contributed by atoms with E-state index in [2.05, 4.69) is 10.6 Å². The quantitative estimate of drug-likeness (QED) is 0.898. The predicted octanol–water partition coefficient (Wildman–Crippen LogP) is 2.78. The van der Waals surface area contributed by atoms with Gasteiger partial charge in [-0.2, -0.15) is 0 Å². The van der Waals surface area contributed by atoms with Crippen LogP contribution in [0.3, 0.4) is 0 Å². The molecule has 1 amide bonds. The molecule has 0 aromatic heterocycles. The number of carbonyl (C=O) groups excluding carboxylic acids is 1. The third-order valence-electron chi connectivity index (χ3n) is 5.10. The maximum Gasteiger partial charge on any atom is 0.227 e. The highest BCUT2D eigenvalue weighted by Gasteiger charge is 2.49. The van der Waals surface area contributed by atoms with Crippen LogP contribution in [-0.2, 0) is 11.2 Å². The van der Waals surface area contributed by atoms with Gasteiger partial charge in [0.15, 0.2) is 0 Å². The van der Waals surface area contributed by atoms with E-state index in [9.17, 15) is 4.79 Å². The number of amides is 1. The van der Waals surface area contributed by atoms with Crippen molar-refractivity contribution in [1.29, 1.82) is 0 Å². The molecule has 1 saturated carbocycles. The molecule has 114 valence electrons. The maximum atomic E-state index is 12.7. The molecule has 1 aliphatic carbocycles. The second-order valence-electron chi connectivity index (χ2n) is 6.36. The highest BCUT2D eigenvalue weighted by atomic mass is 35.5. The zero-order valence-electron chi connectivity index (χ0n) is 12.3. The fourth-order valence-electron chi connectivity index (χ4n) is 3.84. The molecule has 0 radical (unpaired) electrons. The monoisotopic (exact) mass is 306 g/mol. The molecule has 1 aromatic carbocycles. The SMILES string of the molecule is O=C(NCCc1ccc(Cl)cc1)[C@@]12CCCC[C@H]1CNC2. The Morgan fingerprint density at radius 2 is 2.14 bits per heavy atom. The largest absolute Gasteiger partial charge is 0.355 e. The summed E-state index contributed by atoms with van der Waals surface area (Å²) in [4.78, 5) is 12.7. The van der Waals surface area contributed by atoms with E-state index in [1.807, 2.05) is 24.3 Å². The zero-order chi connectivity index (χ0) is 14.7. The van der Waals surface area contributed by atoms with Gasteiger partial charge >= 0.3 is 0 Å². The molecule has 4 heteroatoms. The zero-order valence-corrected chi connectivity index (χ0v) is 13.1. The van der Waals surface area contributed by atoms with E-state index >= 15 is 0 Å². The number of fused-ring (bicyclic) bond motifs is 1. The fourth-order valence-corrected chi connectivity index (χ4v) is 3.96. The van der Waals surface area contributed by atoms with E-state index in [1.165, 1.54) is 24.8 Å². The lowest BCUT2D eigenvalue weighted by Crippen LogP contribution is -2.48. The van der Waals surface area contributed by atoms with Crippen LogP contribution in [0.15, 0.2) is 24.3 Å². The van der Waals surface area contributed by atoms with Crippen LogP contribution in [-0.4, -0.2) is 25.5 Å². The highest BCUT2D eigenvalue weighted by molar-refractivity contribution is 6.30. The molecule has 2 aliphatic rings. The molecule has 3 nitrogen and oxygen atoms in total. The summed E-state index contributed by atoms with van der Waals surface area (Å²) in [6.45, 7) is 2.56. The molecule has 1 aromatic rings. The lowest BCUT2D eigenvalue weighted by atomic mass is 9.67. The van der Waals surface area contributed by atoms with Gasteiger partial charge < -0.3 is 10.6 Å². The number of rotatable bonds is 4. The van der Waals surface area contributed by atoms with Crippen molar-refractivity contribution in [2.45, 2.75) is 32.1 Å². The number of hydrogen-bond donors (Lipinski definition) is 2. The minimum Gasteiger partial charge on any atom is -0.355 e. The van der Waals surface area contributed by atoms with Gasteiger partial charge in [0.1, 0.15) is 0 Å². The Bertz CT molecular complexity index is 502. The van der Waals surface area contributed by atoms with Crippen molar-refractivity contribution in [1.82, 2.24) is 10.6 Å². The van der Waals surface area contributed by atoms with Crippen molar-refractivity contribution in [3.8, 4) is 0 Å². The first-order chi connectivity index (χ1) is 10.2. The summed E-state index contributed by atoms with van der Waals surface area (Å²) < 4.78 is 0. The number of halogens is 1. The average Bonchev–Trinajstić information content (AvgIpc) is 2.94. The van der Waals surface area contributed by atoms with Crippen molar-refractivity contribution >= 4 is 17.5 Å². The molecule has 3 rings (SSSR count). The van der Waals surface area contributed by atoms with Crippen molar-refractivity contribution in [2.75, 3.05) is 19.6 Å². The molecule has 2 atom stereocenters. The minimum absolute atomic E-state index is 0.141. The van der Waals surface area contributed by atoms with E-state index in [0.29, 0.717) is 12.5 Å². The molecule has 0 unspecified atom stereocenters. The smallest absolute Gasteiger partial charge is 0.227 e. The summed E-state index contributed by atoms with van der Waals surface area (Å²) in [7, 11) is 0. The van der Waals surface area contributed by atoms with E-state index in [1.54, 1.807) is 0 Å². The Hall–Kier alpha value is -1.06. The van der Waals surface area contributed by atoms with Gasteiger partial charge in [0.25, 0.3) is 0 Å². The Labute approximate surface area is 131 Å². The molecule has 1 saturated heterocycles. The molecular weight excluding hydrogens is 284 g/mol. The molecule has 0 spiro atoms.